The van der Waals surface area contributed by atoms with Gasteiger partial charge in [-0.2, -0.15) is 0 Å². The molecule has 2 aromatic heterocycles. The van der Waals surface area contributed by atoms with Crippen LogP contribution in [0.5, 0.6) is 0 Å². The van der Waals surface area contributed by atoms with Crippen LogP contribution < -0.4 is 5.56 Å². The Morgan fingerprint density at radius 1 is 1.00 bits per heavy atom. The van der Waals surface area contributed by atoms with Crippen LogP contribution in [0, 0.1) is 19.8 Å². The molecule has 0 bridgehead atoms. The molecule has 2 aliphatic rings. The second kappa shape index (κ2) is 10.2. The van der Waals surface area contributed by atoms with Gasteiger partial charge in [0.15, 0.2) is 5.82 Å². The molecule has 1 aliphatic carbocycles. The van der Waals surface area contributed by atoms with Crippen molar-refractivity contribution in [1.82, 2.24) is 30.1 Å². The van der Waals surface area contributed by atoms with E-state index in [4.69, 9.17) is 0 Å². The Morgan fingerprint density at radius 3 is 2.51 bits per heavy atom. The summed E-state index contributed by atoms with van der Waals surface area (Å²) in [7, 11) is 0. The number of hydrogen-bond acceptors (Lipinski definition) is 5. The fraction of sp³-hybridized carbons (Fsp3) is 0.467. The van der Waals surface area contributed by atoms with Gasteiger partial charge >= 0.3 is 0 Å². The number of piperidine rings is 1. The number of aryl methyl sites for hydroxylation is 2. The Morgan fingerprint density at radius 2 is 1.76 bits per heavy atom. The molecule has 0 amide bonds. The Kier molecular flexibility index (Phi) is 6.63. The summed E-state index contributed by atoms with van der Waals surface area (Å²) < 4.78 is 2.03. The van der Waals surface area contributed by atoms with E-state index < -0.39 is 0 Å². The highest BCUT2D eigenvalue weighted by atomic mass is 16.1. The maximum absolute atomic E-state index is 13.6. The van der Waals surface area contributed by atoms with Crippen LogP contribution in [0.25, 0.3) is 10.9 Å². The number of likely N-dealkylation sites (tertiary alicyclic amines) is 1. The molecule has 37 heavy (non-hydrogen) atoms. The van der Waals surface area contributed by atoms with Crippen LogP contribution in [-0.2, 0) is 6.42 Å². The van der Waals surface area contributed by atoms with Gasteiger partial charge in [0.2, 0.25) is 0 Å². The van der Waals surface area contributed by atoms with Crippen LogP contribution in [0.1, 0.15) is 78.7 Å². The number of H-pyrrole nitrogens is 1. The number of hydrogen-bond donors (Lipinski definition) is 1. The third-order valence-electron chi connectivity index (χ3n) is 8.43. The Balaban J connectivity index is 1.37. The molecular weight excluding hydrogens is 460 g/mol. The number of tetrazole rings is 1. The van der Waals surface area contributed by atoms with Crippen LogP contribution >= 0.6 is 0 Å². The summed E-state index contributed by atoms with van der Waals surface area (Å²) in [5.74, 6) is 1.45. The molecule has 1 saturated carbocycles. The van der Waals surface area contributed by atoms with Gasteiger partial charge in [-0.05, 0) is 104 Å². The molecule has 1 unspecified atom stereocenters. The summed E-state index contributed by atoms with van der Waals surface area (Å²) in [5, 5.41) is 14.2. The van der Waals surface area contributed by atoms with Crippen LogP contribution in [0.15, 0.2) is 53.3 Å². The lowest BCUT2D eigenvalue weighted by Crippen LogP contribution is -2.41. The standard InChI is InChI=1S/C30H36N6O/c1-20-16-21(2)27-24(17-20)19-26(30(37)31-27)28(29-32-33-34-36(29)25-10-6-7-11-25)35-14-12-23(13-15-35)18-22-8-4-3-5-9-22/h3-5,8-9,16-17,19,23,25,28H,6-7,10-15,18H2,1-2H3,(H,31,37). The SMILES string of the molecule is Cc1cc(C)c2[nH]c(=O)c(C(c3nnnn3C3CCCC3)N3CCC(Cc4ccccc4)CC3)cc2c1. The minimum absolute atomic E-state index is 0.0446. The zero-order valence-electron chi connectivity index (χ0n) is 21.9. The van der Waals surface area contributed by atoms with Crippen molar-refractivity contribution >= 4 is 10.9 Å². The van der Waals surface area contributed by atoms with Crippen molar-refractivity contribution in [1.29, 1.82) is 0 Å². The summed E-state index contributed by atoms with van der Waals surface area (Å²) in [6, 6.07) is 17.2. The summed E-state index contributed by atoms with van der Waals surface area (Å²) in [6.45, 7) is 6.00. The first-order valence-electron chi connectivity index (χ1n) is 13.8. The fourth-order valence-electron chi connectivity index (χ4n) is 6.56. The van der Waals surface area contributed by atoms with E-state index in [1.807, 2.05) is 4.68 Å². The molecule has 192 valence electrons. The van der Waals surface area contributed by atoms with Crippen molar-refractivity contribution in [3.63, 3.8) is 0 Å². The number of aromatic amines is 1. The van der Waals surface area contributed by atoms with E-state index in [1.165, 1.54) is 24.0 Å². The van der Waals surface area contributed by atoms with E-state index in [0.717, 1.165) is 73.0 Å². The van der Waals surface area contributed by atoms with Gasteiger partial charge in [-0.3, -0.25) is 9.69 Å². The Hall–Kier alpha value is -3.32. The third-order valence-corrected chi connectivity index (χ3v) is 8.43. The van der Waals surface area contributed by atoms with E-state index >= 15 is 0 Å². The molecule has 2 fully saturated rings. The topological polar surface area (TPSA) is 79.7 Å². The lowest BCUT2D eigenvalue weighted by atomic mass is 9.88. The average Bonchev–Trinajstić information content (AvgIpc) is 3.59. The monoisotopic (exact) mass is 496 g/mol. The maximum atomic E-state index is 13.6. The van der Waals surface area contributed by atoms with Crippen LogP contribution in [-0.4, -0.2) is 43.2 Å². The number of fused-ring (bicyclic) bond motifs is 1. The lowest BCUT2D eigenvalue weighted by molar-refractivity contribution is 0.141. The maximum Gasteiger partial charge on any atom is 0.253 e. The van der Waals surface area contributed by atoms with Gasteiger partial charge in [-0.15, -0.1) is 5.10 Å². The lowest BCUT2D eigenvalue weighted by Gasteiger charge is -2.37. The zero-order chi connectivity index (χ0) is 25.4. The summed E-state index contributed by atoms with van der Waals surface area (Å²) in [5.41, 5.74) is 5.30. The fourth-order valence-corrected chi connectivity index (χ4v) is 6.56. The van der Waals surface area contributed by atoms with Gasteiger partial charge in [-0.1, -0.05) is 54.8 Å². The van der Waals surface area contributed by atoms with Crippen molar-refractivity contribution in [2.24, 2.45) is 5.92 Å². The molecule has 7 nitrogen and oxygen atoms in total. The number of nitrogens with one attached hydrogen (secondary N) is 1. The smallest absolute Gasteiger partial charge is 0.253 e. The molecule has 6 rings (SSSR count). The minimum Gasteiger partial charge on any atom is -0.321 e. The molecule has 4 aromatic rings. The van der Waals surface area contributed by atoms with Gasteiger partial charge in [0.25, 0.3) is 5.56 Å². The van der Waals surface area contributed by atoms with Crippen LogP contribution in [0.2, 0.25) is 0 Å². The van der Waals surface area contributed by atoms with E-state index in [9.17, 15) is 4.79 Å². The summed E-state index contributed by atoms with van der Waals surface area (Å²) in [4.78, 5) is 19.3. The summed E-state index contributed by atoms with van der Waals surface area (Å²) >= 11 is 0. The molecule has 0 radical (unpaired) electrons. The number of aromatic nitrogens is 5. The van der Waals surface area contributed by atoms with Crippen molar-refractivity contribution in [3.8, 4) is 0 Å². The van der Waals surface area contributed by atoms with Crippen LogP contribution in [0.3, 0.4) is 0 Å². The van der Waals surface area contributed by atoms with E-state index in [2.05, 4.69) is 87.8 Å². The molecule has 0 spiro atoms. The largest absolute Gasteiger partial charge is 0.321 e. The number of pyridine rings is 1. The first-order chi connectivity index (χ1) is 18.1. The number of rotatable bonds is 6. The molecule has 1 saturated heterocycles. The second-order valence-corrected chi connectivity index (χ2v) is 11.1. The van der Waals surface area contributed by atoms with E-state index in [1.54, 1.807) is 0 Å². The van der Waals surface area contributed by atoms with Gasteiger partial charge in [0.1, 0.15) is 6.04 Å². The normalized spacial score (nSPS) is 18.5. The zero-order valence-corrected chi connectivity index (χ0v) is 21.9. The third kappa shape index (κ3) is 4.85. The Labute approximate surface area is 217 Å². The predicted octanol–water partition coefficient (Wildman–Crippen LogP) is 5.29. The summed E-state index contributed by atoms with van der Waals surface area (Å²) in [6.07, 6.45) is 7.89. The van der Waals surface area contributed by atoms with Gasteiger partial charge in [0.05, 0.1) is 11.6 Å². The minimum atomic E-state index is -0.262. The van der Waals surface area contributed by atoms with E-state index in [-0.39, 0.29) is 11.6 Å². The van der Waals surface area contributed by atoms with Crippen molar-refractivity contribution < 1.29 is 0 Å². The van der Waals surface area contributed by atoms with Crippen molar-refractivity contribution in [2.45, 2.75) is 70.9 Å². The molecule has 1 N–H and O–H groups in total. The molecule has 3 heterocycles. The average molecular weight is 497 g/mol. The highest BCUT2D eigenvalue weighted by Crippen LogP contribution is 2.36. The van der Waals surface area contributed by atoms with Crippen molar-refractivity contribution in [3.05, 3.63) is 87.0 Å². The van der Waals surface area contributed by atoms with Crippen molar-refractivity contribution in [2.75, 3.05) is 13.1 Å². The highest BCUT2D eigenvalue weighted by molar-refractivity contribution is 5.83. The van der Waals surface area contributed by atoms with Gasteiger partial charge < -0.3 is 4.98 Å². The molecular formula is C30H36N6O. The van der Waals surface area contributed by atoms with Gasteiger partial charge in [-0.25, -0.2) is 4.68 Å². The molecule has 1 aliphatic heterocycles. The quantitative estimate of drug-likeness (QED) is 0.392. The number of nitrogens with zero attached hydrogens (tertiary/aromatic N) is 5. The first-order valence-corrected chi connectivity index (χ1v) is 13.8. The molecule has 1 atom stereocenters. The predicted molar refractivity (Wildman–Crippen MR) is 146 cm³/mol. The van der Waals surface area contributed by atoms with E-state index in [0.29, 0.717) is 12.0 Å². The second-order valence-electron chi connectivity index (χ2n) is 11.1. The first kappa shape index (κ1) is 24.0. The highest BCUT2D eigenvalue weighted by Gasteiger charge is 2.35. The Bertz CT molecular complexity index is 1430. The van der Waals surface area contributed by atoms with Crippen LogP contribution in [0.4, 0.5) is 0 Å². The molecule has 7 heteroatoms. The number of benzene rings is 2. The van der Waals surface area contributed by atoms with Gasteiger partial charge in [0, 0.05) is 5.56 Å². The molecule has 2 aromatic carbocycles.